The van der Waals surface area contributed by atoms with E-state index in [2.05, 4.69) is 10.2 Å². The summed E-state index contributed by atoms with van der Waals surface area (Å²) in [6.45, 7) is 3.72. The molecule has 3 atom stereocenters. The maximum Gasteiger partial charge on any atom is 0.0831 e. The molecule has 0 aromatic carbocycles. The minimum absolute atomic E-state index is 0.203. The highest BCUT2D eigenvalue weighted by molar-refractivity contribution is 4.90. The van der Waals surface area contributed by atoms with Gasteiger partial charge in [0.15, 0.2) is 0 Å². The molecule has 0 aromatic heterocycles. The number of likely N-dealkylation sites (tertiary alicyclic amines) is 1. The number of hydrogen-bond donors (Lipinski definition) is 2. The number of aliphatic hydroxyl groups is 1. The molecule has 3 unspecified atom stereocenters. The van der Waals surface area contributed by atoms with Crippen molar-refractivity contribution >= 4 is 0 Å². The summed E-state index contributed by atoms with van der Waals surface area (Å²) in [4.78, 5) is 2.36. The molecule has 0 saturated carbocycles. The van der Waals surface area contributed by atoms with Crippen molar-refractivity contribution in [2.75, 3.05) is 33.3 Å². The van der Waals surface area contributed by atoms with Gasteiger partial charge in [-0.05, 0) is 19.4 Å². The van der Waals surface area contributed by atoms with E-state index in [0.717, 1.165) is 32.6 Å². The second-order valence-electron chi connectivity index (χ2n) is 4.29. The van der Waals surface area contributed by atoms with E-state index in [9.17, 15) is 5.11 Å². The van der Waals surface area contributed by atoms with Crippen LogP contribution in [-0.2, 0) is 4.74 Å². The smallest absolute Gasteiger partial charge is 0.0831 e. The van der Waals surface area contributed by atoms with Gasteiger partial charge in [-0.3, -0.25) is 4.90 Å². The zero-order chi connectivity index (χ0) is 9.97. The summed E-state index contributed by atoms with van der Waals surface area (Å²) in [5, 5.41) is 13.0. The van der Waals surface area contributed by atoms with Crippen LogP contribution in [0.25, 0.3) is 0 Å². The van der Waals surface area contributed by atoms with Gasteiger partial charge in [-0.25, -0.2) is 0 Å². The van der Waals surface area contributed by atoms with E-state index in [1.807, 2.05) is 0 Å². The molecular formula is C10H20N2O2. The van der Waals surface area contributed by atoms with Crippen LogP contribution in [0.5, 0.6) is 0 Å². The summed E-state index contributed by atoms with van der Waals surface area (Å²) in [6, 6.07) is 0.299. The molecule has 82 valence electrons. The molecule has 0 aromatic rings. The number of piperidine rings is 1. The molecule has 0 bridgehead atoms. The summed E-state index contributed by atoms with van der Waals surface area (Å²) >= 11 is 0. The second kappa shape index (κ2) is 4.57. The highest BCUT2D eigenvalue weighted by atomic mass is 16.5. The van der Waals surface area contributed by atoms with Crippen LogP contribution < -0.4 is 5.32 Å². The lowest BCUT2D eigenvalue weighted by Crippen LogP contribution is -2.50. The lowest BCUT2D eigenvalue weighted by Gasteiger charge is -2.36. The Morgan fingerprint density at radius 2 is 2.29 bits per heavy atom. The number of hydrogen-bond acceptors (Lipinski definition) is 4. The molecule has 14 heavy (non-hydrogen) atoms. The van der Waals surface area contributed by atoms with Gasteiger partial charge in [0.1, 0.15) is 0 Å². The van der Waals surface area contributed by atoms with Gasteiger partial charge in [0.05, 0.1) is 12.2 Å². The normalized spacial score (nSPS) is 40.3. The number of β-amino-alcohol motifs (C(OH)–C–C–N with tert-alkyl or cyclic N) is 1. The van der Waals surface area contributed by atoms with E-state index >= 15 is 0 Å². The van der Waals surface area contributed by atoms with E-state index in [0.29, 0.717) is 12.1 Å². The lowest BCUT2D eigenvalue weighted by atomic mass is 10.0. The Labute approximate surface area is 85.2 Å². The second-order valence-corrected chi connectivity index (χ2v) is 4.29. The molecule has 2 N–H and O–H groups in total. The fourth-order valence-corrected chi connectivity index (χ4v) is 2.48. The fourth-order valence-electron chi connectivity index (χ4n) is 2.48. The number of methoxy groups -OCH3 is 1. The lowest BCUT2D eigenvalue weighted by molar-refractivity contribution is -0.00494. The standard InChI is InChI=1S/C10H20N2O2/c1-14-8-3-2-4-12(7-8)9-5-11-6-10(9)13/h8-11,13H,2-7H2,1H3. The molecule has 2 saturated heterocycles. The molecule has 0 amide bonds. The van der Waals surface area contributed by atoms with Gasteiger partial charge >= 0.3 is 0 Å². The fraction of sp³-hybridized carbons (Fsp3) is 1.00. The summed E-state index contributed by atoms with van der Waals surface area (Å²) in [7, 11) is 1.78. The monoisotopic (exact) mass is 200 g/mol. The van der Waals surface area contributed by atoms with Gasteiger partial charge in [-0.1, -0.05) is 0 Å². The van der Waals surface area contributed by atoms with Crippen LogP contribution >= 0.6 is 0 Å². The van der Waals surface area contributed by atoms with E-state index in [1.54, 1.807) is 7.11 Å². The average Bonchev–Trinajstić information content (AvgIpc) is 2.65. The molecule has 4 heteroatoms. The molecule has 0 radical (unpaired) electrons. The summed E-state index contributed by atoms with van der Waals surface area (Å²) in [6.07, 6.45) is 2.49. The Balaban J connectivity index is 1.90. The van der Waals surface area contributed by atoms with Crippen molar-refractivity contribution in [2.45, 2.75) is 31.1 Å². The van der Waals surface area contributed by atoms with Crippen molar-refractivity contribution in [3.05, 3.63) is 0 Å². The number of nitrogens with one attached hydrogen (secondary N) is 1. The molecule has 0 aliphatic carbocycles. The van der Waals surface area contributed by atoms with Gasteiger partial charge in [0, 0.05) is 32.8 Å². The van der Waals surface area contributed by atoms with Gasteiger partial charge in [0.2, 0.25) is 0 Å². The van der Waals surface area contributed by atoms with Crippen LogP contribution in [0.2, 0.25) is 0 Å². The molecule has 2 aliphatic rings. The van der Waals surface area contributed by atoms with E-state index in [-0.39, 0.29) is 6.10 Å². The molecule has 0 spiro atoms. The minimum Gasteiger partial charge on any atom is -0.390 e. The highest BCUT2D eigenvalue weighted by Gasteiger charge is 2.33. The summed E-state index contributed by atoms with van der Waals surface area (Å²) < 4.78 is 5.37. The van der Waals surface area contributed by atoms with E-state index < -0.39 is 0 Å². The first-order valence-electron chi connectivity index (χ1n) is 5.47. The largest absolute Gasteiger partial charge is 0.390 e. The van der Waals surface area contributed by atoms with Gasteiger partial charge < -0.3 is 15.2 Å². The summed E-state index contributed by atoms with van der Waals surface area (Å²) in [5.74, 6) is 0. The van der Waals surface area contributed by atoms with E-state index in [4.69, 9.17) is 4.74 Å². The Bertz CT molecular complexity index is 189. The van der Waals surface area contributed by atoms with Gasteiger partial charge in [0.25, 0.3) is 0 Å². The third-order valence-corrected chi connectivity index (χ3v) is 3.36. The molecule has 4 nitrogen and oxygen atoms in total. The molecule has 2 rings (SSSR count). The zero-order valence-corrected chi connectivity index (χ0v) is 8.78. The number of ether oxygens (including phenoxy) is 1. The molecule has 2 heterocycles. The Hall–Kier alpha value is -0.160. The van der Waals surface area contributed by atoms with Crippen molar-refractivity contribution < 1.29 is 9.84 Å². The zero-order valence-electron chi connectivity index (χ0n) is 8.78. The maximum atomic E-state index is 9.76. The number of nitrogens with zero attached hydrogens (tertiary/aromatic N) is 1. The average molecular weight is 200 g/mol. The van der Waals surface area contributed by atoms with Gasteiger partial charge in [-0.2, -0.15) is 0 Å². The Morgan fingerprint density at radius 3 is 2.93 bits per heavy atom. The maximum absolute atomic E-state index is 9.76. The Kier molecular flexibility index (Phi) is 3.38. The minimum atomic E-state index is -0.203. The van der Waals surface area contributed by atoms with Crippen molar-refractivity contribution in [3.63, 3.8) is 0 Å². The third-order valence-electron chi connectivity index (χ3n) is 3.36. The summed E-state index contributed by atoms with van der Waals surface area (Å²) in [5.41, 5.74) is 0. The van der Waals surface area contributed by atoms with Crippen molar-refractivity contribution in [1.82, 2.24) is 10.2 Å². The number of rotatable bonds is 2. The van der Waals surface area contributed by atoms with E-state index in [1.165, 1.54) is 6.42 Å². The number of aliphatic hydroxyl groups excluding tert-OH is 1. The predicted molar refractivity (Wildman–Crippen MR) is 54.3 cm³/mol. The van der Waals surface area contributed by atoms with Crippen molar-refractivity contribution in [3.8, 4) is 0 Å². The highest BCUT2D eigenvalue weighted by Crippen LogP contribution is 2.18. The van der Waals surface area contributed by atoms with Crippen LogP contribution in [-0.4, -0.2) is 61.5 Å². The van der Waals surface area contributed by atoms with Crippen molar-refractivity contribution in [1.29, 1.82) is 0 Å². The van der Waals surface area contributed by atoms with Gasteiger partial charge in [-0.15, -0.1) is 0 Å². The Morgan fingerprint density at radius 1 is 1.43 bits per heavy atom. The first kappa shape index (κ1) is 10.4. The topological polar surface area (TPSA) is 44.7 Å². The van der Waals surface area contributed by atoms with Crippen LogP contribution in [0.1, 0.15) is 12.8 Å². The molecule has 2 aliphatic heterocycles. The quantitative estimate of drug-likeness (QED) is 0.626. The van der Waals surface area contributed by atoms with Crippen LogP contribution in [0, 0.1) is 0 Å². The third kappa shape index (κ3) is 2.08. The van der Waals surface area contributed by atoms with Crippen LogP contribution in [0.4, 0.5) is 0 Å². The predicted octanol–water partition coefficient (Wildman–Crippen LogP) is -0.570. The van der Waals surface area contributed by atoms with Crippen LogP contribution in [0.15, 0.2) is 0 Å². The first-order valence-corrected chi connectivity index (χ1v) is 5.47. The first-order chi connectivity index (χ1) is 6.81. The molecule has 2 fully saturated rings. The molecular weight excluding hydrogens is 180 g/mol. The SMILES string of the molecule is COC1CCCN(C2CNCC2O)C1. The van der Waals surface area contributed by atoms with Crippen LogP contribution in [0.3, 0.4) is 0 Å². The van der Waals surface area contributed by atoms with Crippen molar-refractivity contribution in [2.24, 2.45) is 0 Å².